The maximum Gasteiger partial charge on any atom is 0.319 e. The zero-order valence-corrected chi connectivity index (χ0v) is 13.5. The monoisotopic (exact) mass is 306 g/mol. The molecule has 1 aliphatic rings. The summed E-state index contributed by atoms with van der Waals surface area (Å²) in [5.41, 5.74) is 1.78. The van der Waals surface area contributed by atoms with Gasteiger partial charge < -0.3 is 20.1 Å². The van der Waals surface area contributed by atoms with Crippen molar-refractivity contribution in [2.45, 2.75) is 45.6 Å². The Morgan fingerprint density at radius 1 is 1.41 bits per heavy atom. The molecule has 1 aliphatic heterocycles. The van der Waals surface area contributed by atoms with Gasteiger partial charge in [-0.1, -0.05) is 0 Å². The van der Waals surface area contributed by atoms with E-state index in [1.165, 1.54) is 6.42 Å². The highest BCUT2D eigenvalue weighted by molar-refractivity contribution is 5.90. The maximum absolute atomic E-state index is 11.9. The van der Waals surface area contributed by atoms with Crippen molar-refractivity contribution in [1.29, 1.82) is 0 Å². The van der Waals surface area contributed by atoms with Crippen molar-refractivity contribution in [2.24, 2.45) is 0 Å². The largest absolute Gasteiger partial charge is 0.494 e. The van der Waals surface area contributed by atoms with E-state index < -0.39 is 0 Å². The van der Waals surface area contributed by atoms with Crippen molar-refractivity contribution in [2.75, 3.05) is 25.1 Å². The summed E-state index contributed by atoms with van der Waals surface area (Å²) in [6.45, 7) is 6.02. The summed E-state index contributed by atoms with van der Waals surface area (Å²) in [6.07, 6.45) is 4.64. The Balaban J connectivity index is 1.74. The summed E-state index contributed by atoms with van der Waals surface area (Å²) in [6, 6.07) is 5.48. The van der Waals surface area contributed by atoms with Crippen LogP contribution in [0.2, 0.25) is 0 Å². The minimum Gasteiger partial charge on any atom is -0.494 e. The van der Waals surface area contributed by atoms with Crippen LogP contribution in [-0.4, -0.2) is 31.9 Å². The van der Waals surface area contributed by atoms with E-state index in [0.29, 0.717) is 19.3 Å². The lowest BCUT2D eigenvalue weighted by atomic mass is 10.1. The molecule has 22 heavy (non-hydrogen) atoms. The second-order valence-corrected chi connectivity index (χ2v) is 5.57. The van der Waals surface area contributed by atoms with Crippen LogP contribution in [0, 0.1) is 6.92 Å². The highest BCUT2D eigenvalue weighted by Crippen LogP contribution is 2.21. The lowest BCUT2D eigenvalue weighted by Crippen LogP contribution is -2.32. The molecule has 1 atom stereocenters. The van der Waals surface area contributed by atoms with Crippen molar-refractivity contribution in [3.05, 3.63) is 23.8 Å². The third kappa shape index (κ3) is 5.22. The van der Waals surface area contributed by atoms with E-state index in [1.807, 2.05) is 32.0 Å². The molecule has 5 heteroatoms. The van der Waals surface area contributed by atoms with Crippen LogP contribution >= 0.6 is 0 Å². The van der Waals surface area contributed by atoms with Gasteiger partial charge in [0.1, 0.15) is 5.75 Å². The number of urea groups is 1. The molecule has 2 amide bonds. The molecule has 0 saturated carbocycles. The Kier molecular flexibility index (Phi) is 6.52. The van der Waals surface area contributed by atoms with E-state index in [1.54, 1.807) is 0 Å². The molecular weight excluding hydrogens is 280 g/mol. The molecule has 1 fully saturated rings. The zero-order valence-electron chi connectivity index (χ0n) is 13.5. The number of amides is 2. The van der Waals surface area contributed by atoms with Crippen LogP contribution in [0.3, 0.4) is 0 Å². The fourth-order valence-electron chi connectivity index (χ4n) is 2.58. The molecule has 0 spiro atoms. The van der Waals surface area contributed by atoms with Gasteiger partial charge in [-0.2, -0.15) is 0 Å². The maximum atomic E-state index is 11.9. The minimum atomic E-state index is -0.178. The van der Waals surface area contributed by atoms with Gasteiger partial charge in [0, 0.05) is 18.8 Å². The van der Waals surface area contributed by atoms with Crippen LogP contribution in [0.1, 0.15) is 38.2 Å². The molecule has 0 radical (unpaired) electrons. The average molecular weight is 306 g/mol. The van der Waals surface area contributed by atoms with Gasteiger partial charge >= 0.3 is 6.03 Å². The molecule has 0 aromatic heterocycles. The smallest absolute Gasteiger partial charge is 0.319 e. The molecule has 122 valence electrons. The molecule has 5 nitrogen and oxygen atoms in total. The predicted octanol–water partition coefficient (Wildman–Crippen LogP) is 3.47. The lowest BCUT2D eigenvalue weighted by Gasteiger charge is -2.22. The summed E-state index contributed by atoms with van der Waals surface area (Å²) in [5, 5.41) is 5.75. The molecule has 0 bridgehead atoms. The Hall–Kier alpha value is -1.75. The van der Waals surface area contributed by atoms with Gasteiger partial charge in [0.05, 0.1) is 12.7 Å². The summed E-state index contributed by atoms with van der Waals surface area (Å²) in [5.74, 6) is 0.820. The van der Waals surface area contributed by atoms with Crippen LogP contribution in [-0.2, 0) is 4.74 Å². The minimum absolute atomic E-state index is 0.178. The van der Waals surface area contributed by atoms with Crippen LogP contribution in [0.25, 0.3) is 0 Å². The topological polar surface area (TPSA) is 59.6 Å². The number of nitrogens with one attached hydrogen (secondary N) is 2. The summed E-state index contributed by atoms with van der Waals surface area (Å²) >= 11 is 0. The van der Waals surface area contributed by atoms with Crippen LogP contribution in [0.15, 0.2) is 18.2 Å². The summed E-state index contributed by atoms with van der Waals surface area (Å²) in [4.78, 5) is 11.9. The Morgan fingerprint density at radius 2 is 2.27 bits per heavy atom. The average Bonchev–Trinajstić information content (AvgIpc) is 2.51. The van der Waals surface area contributed by atoms with Crippen LogP contribution in [0.5, 0.6) is 5.75 Å². The van der Waals surface area contributed by atoms with E-state index in [2.05, 4.69) is 10.6 Å². The number of aryl methyl sites for hydroxylation is 1. The van der Waals surface area contributed by atoms with Gasteiger partial charge in [0.15, 0.2) is 0 Å². The first-order valence-corrected chi connectivity index (χ1v) is 8.09. The number of hydrogen-bond acceptors (Lipinski definition) is 3. The van der Waals surface area contributed by atoms with Crippen LogP contribution < -0.4 is 15.4 Å². The van der Waals surface area contributed by atoms with E-state index >= 15 is 0 Å². The molecule has 2 rings (SSSR count). The predicted molar refractivity (Wildman–Crippen MR) is 87.6 cm³/mol. The molecule has 1 heterocycles. The van der Waals surface area contributed by atoms with E-state index in [-0.39, 0.29) is 6.03 Å². The van der Waals surface area contributed by atoms with Crippen LogP contribution in [0.4, 0.5) is 10.5 Å². The van der Waals surface area contributed by atoms with E-state index in [0.717, 1.165) is 42.9 Å². The first-order chi connectivity index (χ1) is 10.7. The first-order valence-electron chi connectivity index (χ1n) is 8.09. The number of benzene rings is 1. The van der Waals surface area contributed by atoms with Crippen molar-refractivity contribution < 1.29 is 14.3 Å². The van der Waals surface area contributed by atoms with Gasteiger partial charge in [-0.15, -0.1) is 0 Å². The highest BCUT2D eigenvalue weighted by Gasteiger charge is 2.13. The molecule has 1 saturated heterocycles. The Bertz CT molecular complexity index is 485. The summed E-state index contributed by atoms with van der Waals surface area (Å²) < 4.78 is 11.1. The standard InChI is InChI=1S/C17H26N2O3/c1-3-21-15-7-8-16(13(2)12-15)19-17(20)18-10-9-14-6-4-5-11-22-14/h7-8,12,14H,3-6,9-11H2,1-2H3,(H2,18,19,20)/t14-/m1/s1. The lowest BCUT2D eigenvalue weighted by molar-refractivity contribution is 0.0120. The number of anilines is 1. The third-order valence-corrected chi connectivity index (χ3v) is 3.78. The quantitative estimate of drug-likeness (QED) is 0.846. The number of hydrogen-bond donors (Lipinski definition) is 2. The molecule has 1 aromatic rings. The van der Waals surface area contributed by atoms with Crippen molar-refractivity contribution >= 4 is 11.7 Å². The van der Waals surface area contributed by atoms with E-state index in [4.69, 9.17) is 9.47 Å². The third-order valence-electron chi connectivity index (χ3n) is 3.78. The molecule has 2 N–H and O–H groups in total. The number of carbonyl (C=O) groups excluding carboxylic acids is 1. The second-order valence-electron chi connectivity index (χ2n) is 5.57. The van der Waals surface area contributed by atoms with Crippen molar-refractivity contribution in [1.82, 2.24) is 5.32 Å². The number of ether oxygens (including phenoxy) is 2. The SMILES string of the molecule is CCOc1ccc(NC(=O)NCC[C@H]2CCCCO2)c(C)c1. The second kappa shape index (κ2) is 8.63. The van der Waals surface area contributed by atoms with E-state index in [9.17, 15) is 4.79 Å². The summed E-state index contributed by atoms with van der Waals surface area (Å²) in [7, 11) is 0. The molecular formula is C17H26N2O3. The van der Waals surface area contributed by atoms with Gasteiger partial charge in [0.2, 0.25) is 0 Å². The van der Waals surface area contributed by atoms with Crippen molar-refractivity contribution in [3.63, 3.8) is 0 Å². The van der Waals surface area contributed by atoms with Gasteiger partial charge in [-0.25, -0.2) is 4.79 Å². The van der Waals surface area contributed by atoms with Gasteiger partial charge in [0.25, 0.3) is 0 Å². The van der Waals surface area contributed by atoms with Gasteiger partial charge in [-0.05, 0) is 63.3 Å². The number of carbonyl (C=O) groups is 1. The fraction of sp³-hybridized carbons (Fsp3) is 0.588. The Morgan fingerprint density at radius 3 is 2.95 bits per heavy atom. The molecule has 0 aliphatic carbocycles. The normalized spacial score (nSPS) is 17.8. The van der Waals surface area contributed by atoms with Gasteiger partial charge in [-0.3, -0.25) is 0 Å². The zero-order chi connectivity index (χ0) is 15.8. The molecule has 0 unspecified atom stereocenters. The first kappa shape index (κ1) is 16.6. The molecule has 1 aromatic carbocycles. The number of rotatable bonds is 6. The fourth-order valence-corrected chi connectivity index (χ4v) is 2.58. The Labute approximate surface area is 132 Å². The van der Waals surface area contributed by atoms with Crippen molar-refractivity contribution in [3.8, 4) is 5.75 Å². The highest BCUT2D eigenvalue weighted by atomic mass is 16.5.